The van der Waals surface area contributed by atoms with E-state index in [1.165, 1.54) is 28.6 Å². The summed E-state index contributed by atoms with van der Waals surface area (Å²) >= 11 is 0. The lowest BCUT2D eigenvalue weighted by Gasteiger charge is -2.24. The van der Waals surface area contributed by atoms with Gasteiger partial charge in [0.1, 0.15) is 6.61 Å². The van der Waals surface area contributed by atoms with Crippen LogP contribution < -0.4 is 4.31 Å². The van der Waals surface area contributed by atoms with E-state index in [0.29, 0.717) is 23.2 Å². The summed E-state index contributed by atoms with van der Waals surface area (Å²) in [6.45, 7) is 1.79. The third-order valence-corrected chi connectivity index (χ3v) is 7.19. The van der Waals surface area contributed by atoms with Gasteiger partial charge in [-0.1, -0.05) is 42.5 Å². The molecule has 0 N–H and O–H groups in total. The average Bonchev–Trinajstić information content (AvgIpc) is 3.14. The number of nitrogens with zero attached hydrogens (tertiary/aromatic N) is 2. The van der Waals surface area contributed by atoms with Gasteiger partial charge in [0.25, 0.3) is 10.0 Å². The van der Waals surface area contributed by atoms with Crippen molar-refractivity contribution in [2.45, 2.75) is 30.9 Å². The maximum atomic E-state index is 13.4. The quantitative estimate of drug-likeness (QED) is 0.568. The minimum absolute atomic E-state index is 0.0305. The second-order valence-electron chi connectivity index (χ2n) is 7.36. The highest BCUT2D eigenvalue weighted by atomic mass is 32.2. The Bertz CT molecular complexity index is 1290. The summed E-state index contributed by atoms with van der Waals surface area (Å²) in [4.78, 5) is 12.6. The van der Waals surface area contributed by atoms with Gasteiger partial charge >= 0.3 is 5.97 Å². The summed E-state index contributed by atoms with van der Waals surface area (Å²) in [5.41, 5.74) is 2.79. The zero-order valence-corrected chi connectivity index (χ0v) is 17.7. The van der Waals surface area contributed by atoms with Gasteiger partial charge in [-0.15, -0.1) is 0 Å². The number of para-hydroxylation sites is 1. The highest BCUT2D eigenvalue weighted by molar-refractivity contribution is 7.92. The van der Waals surface area contributed by atoms with Crippen molar-refractivity contribution in [3.63, 3.8) is 0 Å². The second-order valence-corrected chi connectivity index (χ2v) is 9.17. The van der Waals surface area contributed by atoms with Crippen LogP contribution in [0.5, 0.6) is 0 Å². The van der Waals surface area contributed by atoms with Crippen LogP contribution in [0.2, 0.25) is 0 Å². The molecule has 0 aliphatic carbocycles. The Morgan fingerprint density at radius 3 is 2.65 bits per heavy atom. The first-order valence-electron chi connectivity index (χ1n) is 9.79. The van der Waals surface area contributed by atoms with Gasteiger partial charge in [-0.25, -0.2) is 13.2 Å². The maximum Gasteiger partial charge on any atom is 0.338 e. The zero-order chi connectivity index (χ0) is 22.0. The summed E-state index contributed by atoms with van der Waals surface area (Å²) in [6.07, 6.45) is 0.634. The minimum atomic E-state index is -3.85. The zero-order valence-electron chi connectivity index (χ0n) is 16.9. The lowest BCUT2D eigenvalue weighted by Crippen LogP contribution is -2.35. The molecule has 0 aromatic heterocycles. The van der Waals surface area contributed by atoms with Crippen molar-refractivity contribution in [2.75, 3.05) is 4.31 Å². The second kappa shape index (κ2) is 8.25. The van der Waals surface area contributed by atoms with E-state index < -0.39 is 16.0 Å². The van der Waals surface area contributed by atoms with E-state index in [1.807, 2.05) is 25.1 Å². The summed E-state index contributed by atoms with van der Waals surface area (Å²) in [6, 6.07) is 21.9. The molecule has 6 nitrogen and oxygen atoms in total. The number of hydrogen-bond acceptors (Lipinski definition) is 5. The molecule has 31 heavy (non-hydrogen) atoms. The standard InChI is InChI=1S/C24H20N2O4S/c1-17-13-18-7-4-5-12-23(18)26(17)31(28,29)22-11-6-10-19(14-22)24(27)30-16-21-9-3-2-8-20(21)15-25/h2-12,14,17H,13,16H2,1H3/t17-/m0/s1. The van der Waals surface area contributed by atoms with Crippen LogP contribution >= 0.6 is 0 Å². The molecule has 0 radical (unpaired) electrons. The molecule has 4 rings (SSSR count). The van der Waals surface area contributed by atoms with E-state index in [9.17, 15) is 13.2 Å². The number of ether oxygens (including phenoxy) is 1. The monoisotopic (exact) mass is 432 g/mol. The number of rotatable bonds is 5. The molecule has 156 valence electrons. The van der Waals surface area contributed by atoms with Gasteiger partial charge in [-0.05, 0) is 49.2 Å². The Morgan fingerprint density at radius 1 is 1.10 bits per heavy atom. The number of carbonyl (C=O) groups excluding carboxylic acids is 1. The molecule has 0 fully saturated rings. The van der Waals surface area contributed by atoms with E-state index in [0.717, 1.165) is 5.56 Å². The molecule has 1 aliphatic rings. The van der Waals surface area contributed by atoms with Crippen molar-refractivity contribution >= 4 is 21.7 Å². The molecule has 0 bridgehead atoms. The van der Waals surface area contributed by atoms with Crippen molar-refractivity contribution in [3.05, 3.63) is 95.1 Å². The first kappa shape index (κ1) is 20.6. The largest absolute Gasteiger partial charge is 0.457 e. The number of carbonyl (C=O) groups is 1. The predicted molar refractivity (Wildman–Crippen MR) is 116 cm³/mol. The van der Waals surface area contributed by atoms with Crippen molar-refractivity contribution in [1.29, 1.82) is 5.26 Å². The van der Waals surface area contributed by atoms with E-state index in [2.05, 4.69) is 6.07 Å². The van der Waals surface area contributed by atoms with Crippen LogP contribution in [0.25, 0.3) is 0 Å². The Labute approximate surface area is 181 Å². The van der Waals surface area contributed by atoms with Crippen LogP contribution in [0.15, 0.2) is 77.7 Å². The Hall–Kier alpha value is -3.63. The molecular formula is C24H20N2O4S. The molecular weight excluding hydrogens is 412 g/mol. The van der Waals surface area contributed by atoms with Crippen LogP contribution in [0, 0.1) is 11.3 Å². The van der Waals surface area contributed by atoms with E-state index in [4.69, 9.17) is 10.00 Å². The summed E-state index contributed by atoms with van der Waals surface area (Å²) in [5.74, 6) is -0.653. The Balaban J connectivity index is 1.58. The molecule has 1 atom stereocenters. The summed E-state index contributed by atoms with van der Waals surface area (Å²) in [5, 5.41) is 9.16. The van der Waals surface area contributed by atoms with Crippen LogP contribution in [0.3, 0.4) is 0 Å². The molecule has 3 aromatic carbocycles. The maximum absolute atomic E-state index is 13.4. The van der Waals surface area contributed by atoms with Crippen LogP contribution in [-0.4, -0.2) is 20.4 Å². The van der Waals surface area contributed by atoms with Crippen LogP contribution in [0.1, 0.15) is 34.0 Å². The molecule has 0 unspecified atom stereocenters. The Kier molecular flexibility index (Phi) is 5.49. The lowest BCUT2D eigenvalue weighted by molar-refractivity contribution is 0.0472. The highest BCUT2D eigenvalue weighted by Gasteiger charge is 2.36. The van der Waals surface area contributed by atoms with Crippen molar-refractivity contribution < 1.29 is 17.9 Å². The molecule has 0 amide bonds. The molecule has 7 heteroatoms. The molecule has 0 saturated heterocycles. The SMILES string of the molecule is C[C@H]1Cc2ccccc2N1S(=O)(=O)c1cccc(C(=O)OCc2ccccc2C#N)c1. The van der Waals surface area contributed by atoms with Crippen molar-refractivity contribution in [2.24, 2.45) is 0 Å². The van der Waals surface area contributed by atoms with E-state index in [1.54, 1.807) is 30.3 Å². The number of benzene rings is 3. The minimum Gasteiger partial charge on any atom is -0.457 e. The van der Waals surface area contributed by atoms with Gasteiger partial charge < -0.3 is 4.74 Å². The molecule has 0 spiro atoms. The van der Waals surface area contributed by atoms with Crippen molar-refractivity contribution in [3.8, 4) is 6.07 Å². The molecule has 1 heterocycles. The van der Waals surface area contributed by atoms with Gasteiger partial charge in [0.2, 0.25) is 0 Å². The van der Waals surface area contributed by atoms with Crippen LogP contribution in [0.4, 0.5) is 5.69 Å². The van der Waals surface area contributed by atoms with Gasteiger partial charge in [0.05, 0.1) is 27.8 Å². The summed E-state index contributed by atoms with van der Waals surface area (Å²) in [7, 11) is -3.85. The van der Waals surface area contributed by atoms with Crippen LogP contribution in [-0.2, 0) is 27.8 Å². The first-order valence-corrected chi connectivity index (χ1v) is 11.2. The number of hydrogen-bond donors (Lipinski definition) is 0. The fraction of sp³-hybridized carbons (Fsp3) is 0.167. The van der Waals surface area contributed by atoms with Gasteiger partial charge in [-0.3, -0.25) is 4.31 Å². The number of nitriles is 1. The third-order valence-electron chi connectivity index (χ3n) is 5.27. The topological polar surface area (TPSA) is 87.5 Å². The predicted octanol–water partition coefficient (Wildman–Crippen LogP) is 4.06. The number of sulfonamides is 1. The fourth-order valence-electron chi connectivity index (χ4n) is 3.78. The van der Waals surface area contributed by atoms with Gasteiger partial charge in [0.15, 0.2) is 0 Å². The molecule has 0 saturated carbocycles. The number of fused-ring (bicyclic) bond motifs is 1. The van der Waals surface area contributed by atoms with E-state index in [-0.39, 0.29) is 23.1 Å². The average molecular weight is 433 g/mol. The number of anilines is 1. The third kappa shape index (κ3) is 3.90. The highest BCUT2D eigenvalue weighted by Crippen LogP contribution is 2.36. The Morgan fingerprint density at radius 2 is 1.84 bits per heavy atom. The number of esters is 1. The molecule has 3 aromatic rings. The normalized spacial score (nSPS) is 15.2. The molecule has 1 aliphatic heterocycles. The summed E-state index contributed by atoms with van der Waals surface area (Å²) < 4.78 is 33.5. The lowest BCUT2D eigenvalue weighted by atomic mass is 10.1. The smallest absolute Gasteiger partial charge is 0.338 e. The van der Waals surface area contributed by atoms with Gasteiger partial charge in [0, 0.05) is 11.6 Å². The van der Waals surface area contributed by atoms with E-state index >= 15 is 0 Å². The first-order chi connectivity index (χ1) is 14.9. The van der Waals surface area contributed by atoms with Crippen molar-refractivity contribution in [1.82, 2.24) is 0 Å². The fourth-order valence-corrected chi connectivity index (χ4v) is 5.52. The van der Waals surface area contributed by atoms with Gasteiger partial charge in [-0.2, -0.15) is 5.26 Å².